The van der Waals surface area contributed by atoms with Crippen LogP contribution in [0.15, 0.2) is 115 Å². The van der Waals surface area contributed by atoms with Gasteiger partial charge >= 0.3 is 0 Å². The first-order valence-corrected chi connectivity index (χ1v) is 10.8. The highest BCUT2D eigenvalue weighted by Crippen LogP contribution is 2.42. The molecule has 154 valence electrons. The van der Waals surface area contributed by atoms with Crippen molar-refractivity contribution in [1.82, 2.24) is 0 Å². The van der Waals surface area contributed by atoms with Crippen LogP contribution in [0.3, 0.4) is 0 Å². The lowest BCUT2D eigenvalue weighted by molar-refractivity contribution is -0.135. The van der Waals surface area contributed by atoms with Crippen molar-refractivity contribution in [1.29, 1.82) is 0 Å². The predicted molar refractivity (Wildman–Crippen MR) is 129 cm³/mol. The molecule has 0 unspecified atom stereocenters. The summed E-state index contributed by atoms with van der Waals surface area (Å²) in [4.78, 5) is 15.2. The molecule has 1 aliphatic rings. The number of benzene rings is 5. The number of para-hydroxylation sites is 1. The lowest BCUT2D eigenvalue weighted by Gasteiger charge is -2.46. The average molecular weight is 415 g/mol. The highest BCUT2D eigenvalue weighted by Gasteiger charge is 2.51. The molecule has 0 spiro atoms. The van der Waals surface area contributed by atoms with Gasteiger partial charge in [-0.3, -0.25) is 9.69 Å². The molecule has 0 saturated carbocycles. The van der Waals surface area contributed by atoms with E-state index in [9.17, 15) is 4.79 Å². The van der Waals surface area contributed by atoms with Crippen molar-refractivity contribution in [3.63, 3.8) is 0 Å². The fourth-order valence-corrected chi connectivity index (χ4v) is 4.56. The van der Waals surface area contributed by atoms with Crippen molar-refractivity contribution in [2.75, 3.05) is 4.90 Å². The zero-order chi connectivity index (χ0) is 21.5. The molecule has 1 fully saturated rings. The SMILES string of the molecule is O=C1[C@H](Oc2ccccc2)[C@@H](c2ccccc2)N1c1ccc2cc3ccccc3cc2c1. The zero-order valence-corrected chi connectivity index (χ0v) is 17.4. The number of ether oxygens (including phenoxy) is 1. The van der Waals surface area contributed by atoms with Crippen molar-refractivity contribution in [3.05, 3.63) is 121 Å². The number of fused-ring (bicyclic) bond motifs is 2. The van der Waals surface area contributed by atoms with Gasteiger partial charge in [0.15, 0.2) is 0 Å². The van der Waals surface area contributed by atoms with Crippen LogP contribution in [0.1, 0.15) is 11.6 Å². The molecule has 3 nitrogen and oxygen atoms in total. The molecular formula is C29H21NO2. The molecule has 1 aliphatic heterocycles. The second-order valence-corrected chi connectivity index (χ2v) is 8.15. The molecule has 32 heavy (non-hydrogen) atoms. The summed E-state index contributed by atoms with van der Waals surface area (Å²) >= 11 is 0. The van der Waals surface area contributed by atoms with E-state index in [0.717, 1.165) is 22.0 Å². The molecule has 1 amide bonds. The van der Waals surface area contributed by atoms with Crippen LogP contribution in [-0.4, -0.2) is 12.0 Å². The van der Waals surface area contributed by atoms with Gasteiger partial charge in [0, 0.05) is 5.69 Å². The minimum atomic E-state index is -0.549. The summed E-state index contributed by atoms with van der Waals surface area (Å²) in [5, 5.41) is 4.69. The molecule has 5 aromatic rings. The Morgan fingerprint density at radius 3 is 1.91 bits per heavy atom. The minimum absolute atomic E-state index is 0.0251. The van der Waals surface area contributed by atoms with Crippen molar-refractivity contribution >= 4 is 33.1 Å². The first-order valence-electron chi connectivity index (χ1n) is 10.8. The van der Waals surface area contributed by atoms with Crippen LogP contribution in [0.4, 0.5) is 5.69 Å². The van der Waals surface area contributed by atoms with E-state index in [2.05, 4.69) is 54.6 Å². The van der Waals surface area contributed by atoms with Gasteiger partial charge in [0.1, 0.15) is 11.8 Å². The van der Waals surface area contributed by atoms with Gasteiger partial charge in [-0.1, -0.05) is 78.9 Å². The second-order valence-electron chi connectivity index (χ2n) is 8.15. The summed E-state index contributed by atoms with van der Waals surface area (Å²) in [6.07, 6.45) is -0.549. The number of carbonyl (C=O) groups is 1. The number of anilines is 1. The van der Waals surface area contributed by atoms with E-state index >= 15 is 0 Å². The van der Waals surface area contributed by atoms with Crippen LogP contribution in [-0.2, 0) is 4.79 Å². The van der Waals surface area contributed by atoms with E-state index in [-0.39, 0.29) is 11.9 Å². The number of rotatable bonds is 4. The molecule has 1 heterocycles. The number of β-lactam (4-membered cyclic amide) rings is 1. The second kappa shape index (κ2) is 7.54. The van der Waals surface area contributed by atoms with Crippen LogP contribution >= 0.6 is 0 Å². The Kier molecular flexibility index (Phi) is 4.39. The van der Waals surface area contributed by atoms with E-state index in [1.807, 2.05) is 65.6 Å². The fraction of sp³-hybridized carbons (Fsp3) is 0.0690. The molecule has 0 N–H and O–H groups in total. The van der Waals surface area contributed by atoms with Crippen LogP contribution < -0.4 is 9.64 Å². The van der Waals surface area contributed by atoms with Crippen molar-refractivity contribution in [2.45, 2.75) is 12.1 Å². The van der Waals surface area contributed by atoms with E-state index in [1.165, 1.54) is 10.8 Å². The third kappa shape index (κ3) is 3.10. The van der Waals surface area contributed by atoms with Crippen molar-refractivity contribution in [2.24, 2.45) is 0 Å². The van der Waals surface area contributed by atoms with Gasteiger partial charge in [0.2, 0.25) is 6.10 Å². The monoisotopic (exact) mass is 415 g/mol. The van der Waals surface area contributed by atoms with Gasteiger partial charge < -0.3 is 4.74 Å². The molecule has 5 aromatic carbocycles. The number of carbonyl (C=O) groups excluding carboxylic acids is 1. The lowest BCUT2D eigenvalue weighted by atomic mass is 9.89. The normalized spacial score (nSPS) is 18.0. The Bertz CT molecular complexity index is 1430. The Balaban J connectivity index is 1.41. The average Bonchev–Trinajstić information content (AvgIpc) is 2.85. The summed E-state index contributed by atoms with van der Waals surface area (Å²) in [6.45, 7) is 0. The lowest BCUT2D eigenvalue weighted by Crippen LogP contribution is -2.61. The molecule has 6 rings (SSSR count). The molecule has 3 heteroatoms. The minimum Gasteiger partial charge on any atom is -0.478 e. The van der Waals surface area contributed by atoms with Gasteiger partial charge in [0.05, 0.1) is 0 Å². The Morgan fingerprint density at radius 1 is 0.594 bits per heavy atom. The molecule has 0 bridgehead atoms. The Hall–Kier alpha value is -4.11. The standard InChI is InChI=1S/C29H21NO2/c31-29-28(32-26-13-5-2-6-14-26)27(20-9-3-1-4-10-20)30(29)25-16-15-23-17-21-11-7-8-12-22(21)18-24(23)19-25/h1-19,27-28H/t27-,28-/m1/s1. The topological polar surface area (TPSA) is 29.5 Å². The van der Waals surface area contributed by atoms with Crippen LogP contribution in [0, 0.1) is 0 Å². The van der Waals surface area contributed by atoms with Gasteiger partial charge in [0.25, 0.3) is 5.91 Å². The van der Waals surface area contributed by atoms with Gasteiger partial charge in [-0.2, -0.15) is 0 Å². The number of hydrogen-bond donors (Lipinski definition) is 0. The predicted octanol–water partition coefficient (Wildman–Crippen LogP) is 6.53. The van der Waals surface area contributed by atoms with Crippen molar-refractivity contribution in [3.8, 4) is 5.75 Å². The molecule has 2 atom stereocenters. The quantitative estimate of drug-likeness (QED) is 0.247. The van der Waals surface area contributed by atoms with E-state index in [0.29, 0.717) is 5.75 Å². The third-order valence-corrected chi connectivity index (χ3v) is 6.16. The number of hydrogen-bond acceptors (Lipinski definition) is 2. The van der Waals surface area contributed by atoms with Crippen LogP contribution in [0.2, 0.25) is 0 Å². The van der Waals surface area contributed by atoms with Crippen molar-refractivity contribution < 1.29 is 9.53 Å². The van der Waals surface area contributed by atoms with Gasteiger partial charge in [-0.05, 0) is 63.5 Å². The van der Waals surface area contributed by atoms with Gasteiger partial charge in [-0.15, -0.1) is 0 Å². The van der Waals surface area contributed by atoms with Gasteiger partial charge in [-0.25, -0.2) is 0 Å². The largest absolute Gasteiger partial charge is 0.478 e. The number of amides is 1. The summed E-state index contributed by atoms with van der Waals surface area (Å²) in [6, 6.07) is 38.4. The highest BCUT2D eigenvalue weighted by atomic mass is 16.5. The molecular weight excluding hydrogens is 394 g/mol. The first-order chi connectivity index (χ1) is 15.8. The maximum atomic E-state index is 13.3. The summed E-state index contributed by atoms with van der Waals surface area (Å²) in [7, 11) is 0. The number of nitrogens with zero attached hydrogens (tertiary/aromatic N) is 1. The maximum Gasteiger partial charge on any atom is 0.271 e. The molecule has 0 radical (unpaired) electrons. The third-order valence-electron chi connectivity index (χ3n) is 6.16. The first kappa shape index (κ1) is 18.6. The van der Waals surface area contributed by atoms with Crippen LogP contribution in [0.25, 0.3) is 21.5 Å². The van der Waals surface area contributed by atoms with E-state index in [1.54, 1.807) is 0 Å². The Morgan fingerprint density at radius 2 is 1.19 bits per heavy atom. The van der Waals surface area contributed by atoms with E-state index < -0.39 is 6.10 Å². The van der Waals surface area contributed by atoms with E-state index in [4.69, 9.17) is 4.74 Å². The van der Waals surface area contributed by atoms with Crippen LogP contribution in [0.5, 0.6) is 5.75 Å². The molecule has 0 aliphatic carbocycles. The molecule has 0 aromatic heterocycles. The Labute approximate surface area is 186 Å². The summed E-state index contributed by atoms with van der Waals surface area (Å²) in [5.74, 6) is 0.680. The molecule has 1 saturated heterocycles. The smallest absolute Gasteiger partial charge is 0.271 e. The maximum absolute atomic E-state index is 13.3. The fourth-order valence-electron chi connectivity index (χ4n) is 4.56. The summed E-state index contributed by atoms with van der Waals surface area (Å²) < 4.78 is 6.14. The zero-order valence-electron chi connectivity index (χ0n) is 17.4. The highest BCUT2D eigenvalue weighted by molar-refractivity contribution is 6.07. The summed E-state index contributed by atoms with van der Waals surface area (Å²) in [5.41, 5.74) is 1.95.